The highest BCUT2D eigenvalue weighted by Gasteiger charge is 2.30. The molecule has 0 radical (unpaired) electrons. The van der Waals surface area contributed by atoms with Gasteiger partial charge in [-0.1, -0.05) is 6.92 Å². The second-order valence-corrected chi connectivity index (χ2v) is 5.05. The first kappa shape index (κ1) is 13.9. The van der Waals surface area contributed by atoms with Crippen molar-refractivity contribution in [3.8, 4) is 0 Å². The normalized spacial score (nSPS) is 19.1. The first-order valence-corrected chi connectivity index (χ1v) is 6.68. The van der Waals surface area contributed by atoms with Gasteiger partial charge in [-0.2, -0.15) is 5.10 Å². The molecule has 1 fully saturated rings. The fraction of sp³-hybridized carbons (Fsp3) is 0.692. The lowest BCUT2D eigenvalue weighted by Gasteiger charge is -2.16. The maximum Gasteiger partial charge on any atom is 0.274 e. The van der Waals surface area contributed by atoms with E-state index in [0.29, 0.717) is 23.9 Å². The number of carbonyl (C=O) groups excluding carboxylic acids is 1. The van der Waals surface area contributed by atoms with Crippen LogP contribution in [0.4, 0.5) is 5.69 Å². The predicted octanol–water partition coefficient (Wildman–Crippen LogP) is 0.673. The fourth-order valence-corrected chi connectivity index (χ4v) is 2.65. The molecule has 0 bridgehead atoms. The molecule has 1 aliphatic heterocycles. The van der Waals surface area contributed by atoms with Crippen molar-refractivity contribution in [2.75, 3.05) is 32.5 Å². The summed E-state index contributed by atoms with van der Waals surface area (Å²) in [6, 6.07) is 0. The summed E-state index contributed by atoms with van der Waals surface area (Å²) in [5, 5.41) is 4.30. The van der Waals surface area contributed by atoms with E-state index in [1.54, 1.807) is 18.8 Å². The maximum atomic E-state index is 12.5. The number of nitrogen functional groups attached to an aromatic ring is 1. The molecule has 1 amide bonds. The van der Waals surface area contributed by atoms with Crippen LogP contribution in [0.2, 0.25) is 0 Å². The van der Waals surface area contributed by atoms with Gasteiger partial charge in [0.15, 0.2) is 0 Å². The molecule has 6 heteroatoms. The van der Waals surface area contributed by atoms with Crippen LogP contribution in [-0.4, -0.2) is 47.4 Å². The molecule has 1 saturated heterocycles. The Bertz CT molecular complexity index is 469. The molecule has 0 saturated carbocycles. The van der Waals surface area contributed by atoms with Crippen molar-refractivity contribution in [2.24, 2.45) is 13.0 Å². The minimum atomic E-state index is -0.0224. The van der Waals surface area contributed by atoms with Gasteiger partial charge in [-0.15, -0.1) is 0 Å². The number of likely N-dealkylation sites (tertiary alicyclic amines) is 1. The molecule has 2 heterocycles. The first-order valence-electron chi connectivity index (χ1n) is 6.68. The molecular formula is C13H22N4O2. The predicted molar refractivity (Wildman–Crippen MR) is 72.9 cm³/mol. The van der Waals surface area contributed by atoms with E-state index in [0.717, 1.165) is 31.6 Å². The fourth-order valence-electron chi connectivity index (χ4n) is 2.65. The highest BCUT2D eigenvalue weighted by Crippen LogP contribution is 2.23. The van der Waals surface area contributed by atoms with Crippen molar-refractivity contribution < 1.29 is 9.53 Å². The van der Waals surface area contributed by atoms with Crippen LogP contribution in [0.5, 0.6) is 0 Å². The molecule has 1 aromatic rings. The second-order valence-electron chi connectivity index (χ2n) is 5.05. The van der Waals surface area contributed by atoms with E-state index in [4.69, 9.17) is 10.5 Å². The smallest absolute Gasteiger partial charge is 0.274 e. The van der Waals surface area contributed by atoms with Crippen LogP contribution in [0.3, 0.4) is 0 Å². The van der Waals surface area contributed by atoms with Crippen molar-refractivity contribution in [2.45, 2.75) is 19.8 Å². The molecule has 1 aromatic heterocycles. The average Bonchev–Trinajstić information content (AvgIpc) is 2.94. The van der Waals surface area contributed by atoms with Gasteiger partial charge in [0.25, 0.3) is 5.91 Å². The molecule has 1 atom stereocenters. The highest BCUT2D eigenvalue weighted by molar-refractivity contribution is 5.98. The monoisotopic (exact) mass is 266 g/mol. The summed E-state index contributed by atoms with van der Waals surface area (Å²) >= 11 is 0. The summed E-state index contributed by atoms with van der Waals surface area (Å²) in [6.45, 7) is 4.18. The Morgan fingerprint density at radius 3 is 2.89 bits per heavy atom. The Labute approximate surface area is 113 Å². The van der Waals surface area contributed by atoms with E-state index in [1.165, 1.54) is 0 Å². The maximum absolute atomic E-state index is 12.5. The zero-order chi connectivity index (χ0) is 14.0. The lowest BCUT2D eigenvalue weighted by atomic mass is 10.1. The number of aromatic nitrogens is 2. The lowest BCUT2D eigenvalue weighted by Crippen LogP contribution is -2.31. The highest BCUT2D eigenvalue weighted by atomic mass is 16.5. The van der Waals surface area contributed by atoms with Crippen molar-refractivity contribution in [3.05, 3.63) is 11.4 Å². The van der Waals surface area contributed by atoms with Gasteiger partial charge in [-0.3, -0.25) is 9.48 Å². The summed E-state index contributed by atoms with van der Waals surface area (Å²) in [7, 11) is 3.46. The second kappa shape index (κ2) is 5.61. The summed E-state index contributed by atoms with van der Waals surface area (Å²) in [5.41, 5.74) is 7.84. The first-order chi connectivity index (χ1) is 9.08. The molecule has 2 rings (SSSR count). The largest absolute Gasteiger partial charge is 0.395 e. The van der Waals surface area contributed by atoms with E-state index in [1.807, 2.05) is 11.8 Å². The number of methoxy groups -OCH3 is 1. The molecule has 6 nitrogen and oxygen atoms in total. The SMILES string of the molecule is CCc1nn(C)c(C(=O)N2CCC(COC)C2)c1N. The van der Waals surface area contributed by atoms with Gasteiger partial charge >= 0.3 is 0 Å². The molecular weight excluding hydrogens is 244 g/mol. The number of ether oxygens (including phenoxy) is 1. The quantitative estimate of drug-likeness (QED) is 0.869. The van der Waals surface area contributed by atoms with Crippen LogP contribution >= 0.6 is 0 Å². The number of hydrogen-bond donors (Lipinski definition) is 1. The van der Waals surface area contributed by atoms with Gasteiger partial charge in [0.2, 0.25) is 0 Å². The number of rotatable bonds is 4. The number of amides is 1. The van der Waals surface area contributed by atoms with E-state index in [-0.39, 0.29) is 5.91 Å². The zero-order valence-corrected chi connectivity index (χ0v) is 11.8. The van der Waals surface area contributed by atoms with Gasteiger partial charge < -0.3 is 15.4 Å². The minimum absolute atomic E-state index is 0.0224. The van der Waals surface area contributed by atoms with Crippen LogP contribution in [-0.2, 0) is 18.2 Å². The lowest BCUT2D eigenvalue weighted by molar-refractivity contribution is 0.0766. The molecule has 1 unspecified atom stereocenters. The summed E-state index contributed by atoms with van der Waals surface area (Å²) in [6.07, 6.45) is 1.72. The molecule has 0 spiro atoms. The van der Waals surface area contributed by atoms with Crippen LogP contribution in [0, 0.1) is 5.92 Å². The third-order valence-corrected chi connectivity index (χ3v) is 3.67. The topological polar surface area (TPSA) is 73.4 Å². The van der Waals surface area contributed by atoms with E-state index >= 15 is 0 Å². The van der Waals surface area contributed by atoms with Crippen LogP contribution in [0.25, 0.3) is 0 Å². The molecule has 0 aromatic carbocycles. The summed E-state index contributed by atoms with van der Waals surface area (Å²) in [5.74, 6) is 0.403. The minimum Gasteiger partial charge on any atom is -0.395 e. The Morgan fingerprint density at radius 1 is 1.58 bits per heavy atom. The van der Waals surface area contributed by atoms with E-state index in [9.17, 15) is 4.79 Å². The number of aryl methyl sites for hydroxylation is 2. The van der Waals surface area contributed by atoms with Crippen molar-refractivity contribution in [1.82, 2.24) is 14.7 Å². The number of carbonyl (C=O) groups is 1. The Hall–Kier alpha value is -1.56. The van der Waals surface area contributed by atoms with Gasteiger partial charge in [-0.05, 0) is 12.8 Å². The molecule has 1 aliphatic rings. The Kier molecular flexibility index (Phi) is 4.09. The third kappa shape index (κ3) is 2.58. The van der Waals surface area contributed by atoms with Gasteiger partial charge in [-0.25, -0.2) is 0 Å². The molecule has 2 N–H and O–H groups in total. The van der Waals surface area contributed by atoms with E-state index in [2.05, 4.69) is 5.10 Å². The number of nitrogens with zero attached hydrogens (tertiary/aromatic N) is 3. The van der Waals surface area contributed by atoms with E-state index < -0.39 is 0 Å². The van der Waals surface area contributed by atoms with Crippen molar-refractivity contribution >= 4 is 11.6 Å². The van der Waals surface area contributed by atoms with Crippen molar-refractivity contribution in [1.29, 1.82) is 0 Å². The molecule has 106 valence electrons. The van der Waals surface area contributed by atoms with Crippen molar-refractivity contribution in [3.63, 3.8) is 0 Å². The summed E-state index contributed by atoms with van der Waals surface area (Å²) in [4.78, 5) is 14.4. The molecule has 0 aliphatic carbocycles. The number of hydrogen-bond acceptors (Lipinski definition) is 4. The summed E-state index contributed by atoms with van der Waals surface area (Å²) < 4.78 is 6.75. The Balaban J connectivity index is 2.15. The van der Waals surface area contributed by atoms with Gasteiger partial charge in [0, 0.05) is 33.2 Å². The van der Waals surface area contributed by atoms with Crippen LogP contribution in [0.15, 0.2) is 0 Å². The number of nitrogens with two attached hydrogens (primary N) is 1. The van der Waals surface area contributed by atoms with Crippen LogP contribution < -0.4 is 5.73 Å². The molecule has 19 heavy (non-hydrogen) atoms. The number of anilines is 1. The standard InChI is InChI=1S/C13H22N4O2/c1-4-10-11(14)12(16(2)15-10)13(18)17-6-5-9(7-17)8-19-3/h9H,4-8,14H2,1-3H3. The zero-order valence-electron chi connectivity index (χ0n) is 11.8. The Morgan fingerprint density at radius 2 is 2.32 bits per heavy atom. The van der Waals surface area contributed by atoms with Gasteiger partial charge in [0.1, 0.15) is 5.69 Å². The van der Waals surface area contributed by atoms with Gasteiger partial charge in [0.05, 0.1) is 18.0 Å². The third-order valence-electron chi connectivity index (χ3n) is 3.67. The van der Waals surface area contributed by atoms with Crippen LogP contribution in [0.1, 0.15) is 29.5 Å². The average molecular weight is 266 g/mol.